The molecule has 15 heteroatoms. The first-order valence-corrected chi connectivity index (χ1v) is 12.0. The summed E-state index contributed by atoms with van der Waals surface area (Å²) in [6.45, 7) is 1.52. The molecule has 0 atom stereocenters. The highest BCUT2D eigenvalue weighted by Crippen LogP contribution is 2.35. The molecule has 3 aromatic carbocycles. The number of nitrogens with one attached hydrogen (secondary N) is 1. The summed E-state index contributed by atoms with van der Waals surface area (Å²) in [6.07, 6.45) is -5.08. The Labute approximate surface area is 239 Å². The van der Waals surface area contributed by atoms with Gasteiger partial charge in [-0.05, 0) is 43.3 Å². The van der Waals surface area contributed by atoms with Crippen LogP contribution in [0.4, 0.5) is 17.6 Å². The number of ether oxygens (including phenoxy) is 1. The van der Waals surface area contributed by atoms with Crippen molar-refractivity contribution in [2.45, 2.75) is 19.6 Å². The number of carboxylic acids is 1. The van der Waals surface area contributed by atoms with Crippen LogP contribution in [-0.2, 0) is 11.3 Å². The van der Waals surface area contributed by atoms with Crippen molar-refractivity contribution in [1.82, 2.24) is 20.3 Å². The highest BCUT2D eigenvalue weighted by molar-refractivity contribution is 6.32. The number of hydrogen-bond donors (Lipinski definition) is 2. The summed E-state index contributed by atoms with van der Waals surface area (Å²) >= 11 is 12.1. The van der Waals surface area contributed by atoms with Crippen molar-refractivity contribution < 1.29 is 37.0 Å². The zero-order valence-corrected chi connectivity index (χ0v) is 22.2. The number of carbonyl (C=O) groups excluding carboxylic acids is 1. The maximum atomic E-state index is 15.2. The SMILES string of the molecule is Cc1nn(-c2ccccc2)nc1C(=O)NCc1ccc(Cl)c(Oc2cc(Cl)cc(C#N)c2)c1F.O=C(O)C(F)(F)F. The molecule has 2 N–H and O–H groups in total. The zero-order valence-electron chi connectivity index (χ0n) is 20.7. The van der Waals surface area contributed by atoms with Crippen molar-refractivity contribution in [2.75, 3.05) is 0 Å². The summed E-state index contributed by atoms with van der Waals surface area (Å²) in [7, 11) is 0. The number of halogens is 6. The third-order valence-electron chi connectivity index (χ3n) is 5.02. The van der Waals surface area contributed by atoms with Gasteiger partial charge in [-0.1, -0.05) is 47.5 Å². The maximum Gasteiger partial charge on any atom is 0.490 e. The van der Waals surface area contributed by atoms with Crippen molar-refractivity contribution in [3.05, 3.63) is 99.0 Å². The number of nitrogens with zero attached hydrogens (tertiary/aromatic N) is 4. The summed E-state index contributed by atoms with van der Waals surface area (Å²) in [6, 6.07) is 18.3. The van der Waals surface area contributed by atoms with Crippen LogP contribution in [0.3, 0.4) is 0 Å². The second-order valence-electron chi connectivity index (χ2n) is 7.98. The Morgan fingerprint density at radius 3 is 2.37 bits per heavy atom. The minimum Gasteiger partial charge on any atom is -0.475 e. The molecular formula is C26H17Cl2F4N5O4. The van der Waals surface area contributed by atoms with Crippen molar-refractivity contribution in [2.24, 2.45) is 0 Å². The van der Waals surface area contributed by atoms with Crippen LogP contribution in [0.5, 0.6) is 11.5 Å². The van der Waals surface area contributed by atoms with Crippen LogP contribution in [0.1, 0.15) is 27.3 Å². The minimum atomic E-state index is -5.08. The van der Waals surface area contributed by atoms with Crippen molar-refractivity contribution >= 4 is 35.1 Å². The predicted molar refractivity (Wildman–Crippen MR) is 139 cm³/mol. The molecule has 1 aromatic heterocycles. The maximum absolute atomic E-state index is 15.2. The van der Waals surface area contributed by atoms with Gasteiger partial charge in [0.25, 0.3) is 5.91 Å². The van der Waals surface area contributed by atoms with E-state index in [0.29, 0.717) is 11.4 Å². The number of hydrogen-bond acceptors (Lipinski definition) is 6. The van der Waals surface area contributed by atoms with E-state index in [1.807, 2.05) is 36.4 Å². The molecule has 212 valence electrons. The van der Waals surface area contributed by atoms with Gasteiger partial charge >= 0.3 is 12.1 Å². The Morgan fingerprint density at radius 1 is 1.10 bits per heavy atom. The first-order valence-electron chi connectivity index (χ1n) is 11.2. The number of carbonyl (C=O) groups is 2. The summed E-state index contributed by atoms with van der Waals surface area (Å²) in [5.74, 6) is -4.11. The smallest absolute Gasteiger partial charge is 0.475 e. The molecule has 41 heavy (non-hydrogen) atoms. The lowest BCUT2D eigenvalue weighted by molar-refractivity contribution is -0.192. The van der Waals surface area contributed by atoms with Gasteiger partial charge in [0.15, 0.2) is 17.3 Å². The van der Waals surface area contributed by atoms with E-state index in [0.717, 1.165) is 0 Å². The first kappa shape index (κ1) is 30.9. The number of para-hydroxylation sites is 1. The highest BCUT2D eigenvalue weighted by Gasteiger charge is 2.38. The molecule has 0 aliphatic rings. The number of aliphatic carboxylic acids is 1. The second-order valence-corrected chi connectivity index (χ2v) is 8.83. The van der Waals surface area contributed by atoms with E-state index in [1.165, 1.54) is 35.1 Å². The largest absolute Gasteiger partial charge is 0.490 e. The van der Waals surface area contributed by atoms with Crippen LogP contribution < -0.4 is 10.1 Å². The average molecular weight is 610 g/mol. The molecule has 4 aromatic rings. The van der Waals surface area contributed by atoms with Gasteiger partial charge in [0.05, 0.1) is 28.0 Å². The minimum absolute atomic E-state index is 0.0210. The monoisotopic (exact) mass is 609 g/mol. The molecule has 0 saturated carbocycles. The topological polar surface area (TPSA) is 130 Å². The zero-order chi connectivity index (χ0) is 30.3. The second kappa shape index (κ2) is 13.1. The summed E-state index contributed by atoms with van der Waals surface area (Å²) in [5, 5.41) is 27.6. The number of rotatable bonds is 6. The summed E-state index contributed by atoms with van der Waals surface area (Å²) in [5.41, 5.74) is 1.65. The fraction of sp³-hybridized carbons (Fsp3) is 0.115. The highest BCUT2D eigenvalue weighted by atomic mass is 35.5. The molecule has 1 amide bonds. The average Bonchev–Trinajstić information content (AvgIpc) is 3.32. The quantitative estimate of drug-likeness (QED) is 0.247. The van der Waals surface area contributed by atoms with Gasteiger partial charge in [-0.15, -0.1) is 5.10 Å². The standard InChI is InChI=1S/C24H16Cl2FN5O2.C2HF3O2/c1-14-22(31-32(30-14)18-5-3-2-4-6-18)24(33)29-13-16-7-8-20(26)23(21(16)27)34-19-10-15(12-28)9-17(25)11-19;3-2(4,5)1(6)7/h2-11H,13H2,1H3,(H,29,33);(H,6,7). The van der Waals surface area contributed by atoms with Gasteiger partial charge < -0.3 is 15.2 Å². The third-order valence-corrected chi connectivity index (χ3v) is 5.53. The summed E-state index contributed by atoms with van der Waals surface area (Å²) in [4.78, 5) is 23.0. The van der Waals surface area contributed by atoms with Crippen molar-refractivity contribution in [1.29, 1.82) is 5.26 Å². The van der Waals surface area contributed by atoms with Gasteiger partial charge in [-0.3, -0.25) is 4.79 Å². The number of aromatic nitrogens is 3. The summed E-state index contributed by atoms with van der Waals surface area (Å²) < 4.78 is 52.5. The van der Waals surface area contributed by atoms with Crippen LogP contribution in [-0.4, -0.2) is 38.2 Å². The number of nitriles is 1. The number of carboxylic acid groups (broad SMARTS) is 1. The molecule has 0 fully saturated rings. The van der Waals surface area contributed by atoms with Crippen LogP contribution in [0, 0.1) is 24.1 Å². The molecule has 0 radical (unpaired) electrons. The molecule has 0 saturated heterocycles. The van der Waals surface area contributed by atoms with E-state index >= 15 is 4.39 Å². The van der Waals surface area contributed by atoms with Crippen LogP contribution in [0.15, 0.2) is 60.7 Å². The molecule has 0 aliphatic heterocycles. The predicted octanol–water partition coefficient (Wildman–Crippen LogP) is 6.25. The Hall–Kier alpha value is -4.67. The third kappa shape index (κ3) is 8.17. The Kier molecular flexibility index (Phi) is 9.88. The van der Waals surface area contributed by atoms with Crippen molar-refractivity contribution in [3.63, 3.8) is 0 Å². The molecule has 0 aliphatic carbocycles. The normalized spacial score (nSPS) is 10.7. The van der Waals surface area contributed by atoms with Crippen LogP contribution >= 0.6 is 23.2 Å². The Balaban J connectivity index is 0.000000587. The van der Waals surface area contributed by atoms with E-state index < -0.39 is 23.9 Å². The van der Waals surface area contributed by atoms with Crippen LogP contribution in [0.25, 0.3) is 5.69 Å². The van der Waals surface area contributed by atoms with Gasteiger partial charge in [-0.2, -0.15) is 28.3 Å². The molecule has 0 bridgehead atoms. The lowest BCUT2D eigenvalue weighted by Crippen LogP contribution is -2.24. The molecular weight excluding hydrogens is 593 g/mol. The number of amides is 1. The Morgan fingerprint density at radius 2 is 1.76 bits per heavy atom. The Bertz CT molecular complexity index is 1620. The molecule has 0 spiro atoms. The van der Waals surface area contributed by atoms with Crippen molar-refractivity contribution in [3.8, 4) is 23.3 Å². The van der Waals surface area contributed by atoms with E-state index in [9.17, 15) is 18.0 Å². The van der Waals surface area contributed by atoms with E-state index in [4.69, 9.17) is 43.1 Å². The molecule has 0 unspecified atom stereocenters. The molecule has 9 nitrogen and oxygen atoms in total. The first-order chi connectivity index (χ1) is 19.3. The number of aryl methyl sites for hydroxylation is 1. The van der Waals surface area contributed by atoms with Crippen LogP contribution in [0.2, 0.25) is 10.0 Å². The van der Waals surface area contributed by atoms with E-state index in [2.05, 4.69) is 15.5 Å². The number of alkyl halides is 3. The van der Waals surface area contributed by atoms with Gasteiger partial charge in [0.1, 0.15) is 5.75 Å². The fourth-order valence-corrected chi connectivity index (χ4v) is 3.54. The van der Waals surface area contributed by atoms with E-state index in [1.54, 1.807) is 6.92 Å². The van der Waals surface area contributed by atoms with E-state index in [-0.39, 0.29) is 44.9 Å². The lowest BCUT2D eigenvalue weighted by atomic mass is 10.2. The fourth-order valence-electron chi connectivity index (χ4n) is 3.13. The van der Waals surface area contributed by atoms with Gasteiger partial charge in [-0.25, -0.2) is 9.18 Å². The molecule has 4 rings (SSSR count). The van der Waals surface area contributed by atoms with Gasteiger partial charge in [0.2, 0.25) is 0 Å². The molecule has 1 heterocycles. The lowest BCUT2D eigenvalue weighted by Gasteiger charge is -2.13. The number of benzene rings is 3. The van der Waals surface area contributed by atoms with Gasteiger partial charge in [0, 0.05) is 17.1 Å².